The molecule has 2 amide bonds. The summed E-state index contributed by atoms with van der Waals surface area (Å²) in [6.07, 6.45) is 0.519. The van der Waals surface area contributed by atoms with Gasteiger partial charge in [0.2, 0.25) is 0 Å². The number of benzene rings is 2. The Kier molecular flexibility index (Phi) is 5.81. The maximum absolute atomic E-state index is 12.8. The fourth-order valence-electron chi connectivity index (χ4n) is 3.21. The number of ether oxygens (including phenoxy) is 1. The van der Waals surface area contributed by atoms with Gasteiger partial charge in [0.05, 0.1) is 23.6 Å². The standard InChI is InChI=1S/C21H18F2N4O3S/c22-21(23)30-13-7-5-12(6-8-13)20(29)27-10-9-16-17(11-27)31-19(26-16)18(28)25-15-4-2-1-3-14(15)24/h1-8,21H,9-11,24H2,(H,25,28). The number of para-hydroxylation sites is 2. The smallest absolute Gasteiger partial charge is 0.387 e. The summed E-state index contributed by atoms with van der Waals surface area (Å²) in [5, 5.41) is 3.05. The zero-order chi connectivity index (χ0) is 22.0. The highest BCUT2D eigenvalue weighted by atomic mass is 32.1. The highest BCUT2D eigenvalue weighted by molar-refractivity contribution is 7.13. The molecule has 0 unspecified atom stereocenters. The van der Waals surface area contributed by atoms with Crippen molar-refractivity contribution in [1.82, 2.24) is 9.88 Å². The van der Waals surface area contributed by atoms with Crippen LogP contribution in [-0.2, 0) is 13.0 Å². The van der Waals surface area contributed by atoms with Crippen LogP contribution in [0.4, 0.5) is 20.2 Å². The van der Waals surface area contributed by atoms with Gasteiger partial charge in [-0.05, 0) is 36.4 Å². The van der Waals surface area contributed by atoms with Crippen molar-refractivity contribution in [2.24, 2.45) is 0 Å². The van der Waals surface area contributed by atoms with E-state index in [2.05, 4.69) is 15.0 Å². The van der Waals surface area contributed by atoms with Crippen LogP contribution in [0.5, 0.6) is 5.75 Å². The molecule has 7 nitrogen and oxygen atoms in total. The lowest BCUT2D eigenvalue weighted by molar-refractivity contribution is -0.0498. The number of alkyl halides is 2. The summed E-state index contributed by atoms with van der Waals surface area (Å²) in [7, 11) is 0. The average molecular weight is 444 g/mol. The van der Waals surface area contributed by atoms with Crippen LogP contribution >= 0.6 is 11.3 Å². The number of nitrogens with two attached hydrogens (primary N) is 1. The lowest BCUT2D eigenvalue weighted by Gasteiger charge is -2.26. The monoisotopic (exact) mass is 444 g/mol. The largest absolute Gasteiger partial charge is 0.435 e. The minimum Gasteiger partial charge on any atom is -0.435 e. The van der Waals surface area contributed by atoms with Gasteiger partial charge in [0.1, 0.15) is 5.75 Å². The summed E-state index contributed by atoms with van der Waals surface area (Å²) in [6, 6.07) is 12.5. The highest BCUT2D eigenvalue weighted by Crippen LogP contribution is 2.28. The molecule has 0 fully saturated rings. The molecular formula is C21H18F2N4O3S. The molecule has 0 radical (unpaired) electrons. The minimum atomic E-state index is -2.92. The summed E-state index contributed by atoms with van der Waals surface area (Å²) in [4.78, 5) is 32.3. The van der Waals surface area contributed by atoms with Crippen LogP contribution in [0.3, 0.4) is 0 Å². The van der Waals surface area contributed by atoms with Gasteiger partial charge in [-0.1, -0.05) is 12.1 Å². The van der Waals surface area contributed by atoms with Crippen molar-refractivity contribution < 1.29 is 23.1 Å². The number of hydrogen-bond donors (Lipinski definition) is 2. The predicted octanol–water partition coefficient (Wildman–Crippen LogP) is 3.78. The Bertz CT molecular complexity index is 1120. The van der Waals surface area contributed by atoms with Crippen molar-refractivity contribution in [2.75, 3.05) is 17.6 Å². The molecule has 0 aliphatic carbocycles. The van der Waals surface area contributed by atoms with Gasteiger partial charge >= 0.3 is 6.61 Å². The van der Waals surface area contributed by atoms with Crippen LogP contribution < -0.4 is 15.8 Å². The Hall–Kier alpha value is -3.53. The van der Waals surface area contributed by atoms with Crippen LogP contribution in [0.2, 0.25) is 0 Å². The van der Waals surface area contributed by atoms with Crippen molar-refractivity contribution in [3.8, 4) is 5.75 Å². The second-order valence-corrected chi connectivity index (χ2v) is 7.89. The molecule has 10 heteroatoms. The zero-order valence-corrected chi connectivity index (χ0v) is 17.0. The van der Waals surface area contributed by atoms with E-state index in [1.165, 1.54) is 35.6 Å². The fraction of sp³-hybridized carbons (Fsp3) is 0.190. The van der Waals surface area contributed by atoms with Gasteiger partial charge in [-0.2, -0.15) is 8.78 Å². The number of aromatic nitrogens is 1. The molecule has 1 aromatic heterocycles. The molecular weight excluding hydrogens is 426 g/mol. The summed E-state index contributed by atoms with van der Waals surface area (Å²) in [6.45, 7) is -2.16. The fourth-order valence-corrected chi connectivity index (χ4v) is 4.23. The van der Waals surface area contributed by atoms with Gasteiger partial charge in [0, 0.05) is 23.4 Å². The van der Waals surface area contributed by atoms with E-state index in [-0.39, 0.29) is 17.6 Å². The van der Waals surface area contributed by atoms with Gasteiger partial charge < -0.3 is 20.7 Å². The Morgan fingerprint density at radius 1 is 1.16 bits per heavy atom. The van der Waals surface area contributed by atoms with E-state index >= 15 is 0 Å². The molecule has 0 bridgehead atoms. The predicted molar refractivity (Wildman–Crippen MR) is 112 cm³/mol. The summed E-state index contributed by atoms with van der Waals surface area (Å²) in [5.74, 6) is -0.597. The molecule has 0 spiro atoms. The average Bonchev–Trinajstić information content (AvgIpc) is 3.18. The van der Waals surface area contributed by atoms with Crippen LogP contribution in [-0.4, -0.2) is 34.9 Å². The number of nitrogen functional groups attached to an aromatic ring is 1. The molecule has 0 saturated carbocycles. The molecule has 3 N–H and O–H groups in total. The Labute approximate surface area is 180 Å². The Morgan fingerprint density at radius 3 is 2.61 bits per heavy atom. The van der Waals surface area contributed by atoms with Gasteiger partial charge in [-0.3, -0.25) is 9.59 Å². The van der Waals surface area contributed by atoms with Gasteiger partial charge in [0.15, 0.2) is 5.01 Å². The molecule has 3 aromatic rings. The topological polar surface area (TPSA) is 97.5 Å². The van der Waals surface area contributed by atoms with Crippen LogP contribution in [0.25, 0.3) is 0 Å². The van der Waals surface area contributed by atoms with Crippen molar-refractivity contribution in [3.05, 3.63) is 69.7 Å². The van der Waals surface area contributed by atoms with E-state index in [0.717, 1.165) is 10.6 Å². The normalized spacial score (nSPS) is 13.1. The van der Waals surface area contributed by atoms with Crippen molar-refractivity contribution in [1.29, 1.82) is 0 Å². The number of rotatable bonds is 5. The zero-order valence-electron chi connectivity index (χ0n) is 16.2. The minimum absolute atomic E-state index is 0.00959. The van der Waals surface area contributed by atoms with Gasteiger partial charge in [0.25, 0.3) is 11.8 Å². The van der Waals surface area contributed by atoms with Crippen molar-refractivity contribution in [2.45, 2.75) is 19.6 Å². The van der Waals surface area contributed by atoms with E-state index in [1.807, 2.05) is 0 Å². The SMILES string of the molecule is Nc1ccccc1NC(=O)c1nc2c(s1)CN(C(=O)c1ccc(OC(F)F)cc1)CC2. The third-order valence-corrected chi connectivity index (χ3v) is 5.83. The molecule has 31 heavy (non-hydrogen) atoms. The number of nitrogens with one attached hydrogen (secondary N) is 1. The van der Waals surface area contributed by atoms with E-state index in [9.17, 15) is 18.4 Å². The van der Waals surface area contributed by atoms with Gasteiger partial charge in [-0.15, -0.1) is 11.3 Å². The van der Waals surface area contributed by atoms with Crippen molar-refractivity contribution >= 4 is 34.5 Å². The Morgan fingerprint density at radius 2 is 1.90 bits per heavy atom. The van der Waals surface area contributed by atoms with Gasteiger partial charge in [-0.25, -0.2) is 4.98 Å². The lowest BCUT2D eigenvalue weighted by Crippen LogP contribution is -2.35. The van der Waals surface area contributed by atoms with Crippen LogP contribution in [0, 0.1) is 0 Å². The van der Waals surface area contributed by atoms with E-state index in [1.54, 1.807) is 29.2 Å². The molecule has 1 aliphatic rings. The number of nitrogens with zero attached hydrogens (tertiary/aromatic N) is 2. The number of carbonyl (C=O) groups excluding carboxylic acids is 2. The number of fused-ring (bicyclic) bond motifs is 1. The quantitative estimate of drug-likeness (QED) is 0.584. The number of anilines is 2. The second kappa shape index (κ2) is 8.68. The summed E-state index contributed by atoms with van der Waals surface area (Å²) >= 11 is 1.23. The molecule has 1 aliphatic heterocycles. The van der Waals surface area contributed by atoms with Crippen LogP contribution in [0.1, 0.15) is 30.7 Å². The summed E-state index contributed by atoms with van der Waals surface area (Å²) in [5.41, 5.74) is 7.99. The highest BCUT2D eigenvalue weighted by Gasteiger charge is 2.26. The van der Waals surface area contributed by atoms with E-state index in [4.69, 9.17) is 5.73 Å². The molecule has 0 saturated heterocycles. The number of amides is 2. The third-order valence-electron chi connectivity index (χ3n) is 4.75. The first-order chi connectivity index (χ1) is 14.9. The lowest BCUT2D eigenvalue weighted by atomic mass is 10.1. The maximum Gasteiger partial charge on any atom is 0.387 e. The molecule has 2 aromatic carbocycles. The maximum atomic E-state index is 12.8. The second-order valence-electron chi connectivity index (χ2n) is 6.81. The number of thiazole rings is 1. The number of halogens is 2. The summed E-state index contributed by atoms with van der Waals surface area (Å²) < 4.78 is 28.9. The molecule has 4 rings (SSSR count). The molecule has 2 heterocycles. The molecule has 0 atom stereocenters. The third kappa shape index (κ3) is 4.64. The first-order valence-electron chi connectivity index (χ1n) is 9.39. The van der Waals surface area contributed by atoms with E-state index < -0.39 is 6.61 Å². The number of hydrogen-bond acceptors (Lipinski definition) is 6. The van der Waals surface area contributed by atoms with E-state index in [0.29, 0.717) is 41.5 Å². The first-order valence-corrected chi connectivity index (χ1v) is 10.2. The first kappa shape index (κ1) is 20.7. The molecule has 160 valence electrons. The van der Waals surface area contributed by atoms with Crippen molar-refractivity contribution in [3.63, 3.8) is 0 Å². The Balaban J connectivity index is 1.44. The number of carbonyl (C=O) groups is 2. The van der Waals surface area contributed by atoms with Crippen LogP contribution in [0.15, 0.2) is 48.5 Å².